The summed E-state index contributed by atoms with van der Waals surface area (Å²) < 4.78 is 0. The van der Waals surface area contributed by atoms with E-state index in [0.717, 1.165) is 0 Å². The van der Waals surface area contributed by atoms with Crippen molar-refractivity contribution in [3.8, 4) is 0 Å². The normalized spacial score (nSPS) is 18.0. The summed E-state index contributed by atoms with van der Waals surface area (Å²) in [6.07, 6.45) is 1.03. The van der Waals surface area contributed by atoms with Crippen molar-refractivity contribution < 1.29 is 10.2 Å². The Labute approximate surface area is 50.2 Å². The first-order valence-electron chi connectivity index (χ1n) is 2.93. The molecular weight excluding hydrogens is 104 g/mol. The van der Waals surface area contributed by atoms with Gasteiger partial charge >= 0.3 is 0 Å². The highest BCUT2D eigenvalue weighted by atomic mass is 16.3. The van der Waals surface area contributed by atoms with Gasteiger partial charge in [0.15, 0.2) is 0 Å². The van der Waals surface area contributed by atoms with E-state index in [1.54, 1.807) is 6.92 Å². The molecule has 0 spiro atoms. The van der Waals surface area contributed by atoms with E-state index in [1.807, 2.05) is 6.92 Å². The Morgan fingerprint density at radius 3 is 2.25 bits per heavy atom. The van der Waals surface area contributed by atoms with Gasteiger partial charge in [0.05, 0.1) is 12.2 Å². The fourth-order valence-electron chi connectivity index (χ4n) is 0.397. The predicted octanol–water partition coefficient (Wildman–Crippen LogP) is 0.968. The fourth-order valence-corrected chi connectivity index (χ4v) is 0.397. The van der Waals surface area contributed by atoms with Gasteiger partial charge in [0.25, 0.3) is 0 Å². The minimum Gasteiger partial charge on any atom is -0.390 e. The zero-order valence-electron chi connectivity index (χ0n) is 5.48. The number of hydrogen-bond donors (Lipinski definition) is 1. The van der Waals surface area contributed by atoms with Crippen LogP contribution in [0.15, 0.2) is 0 Å². The molecule has 0 saturated carbocycles. The molecule has 0 bridgehead atoms. The summed E-state index contributed by atoms with van der Waals surface area (Å²) in [7, 11) is 0. The maximum atomic E-state index is 9.94. The van der Waals surface area contributed by atoms with E-state index in [4.69, 9.17) is 5.11 Å². The third kappa shape index (κ3) is 2.99. The van der Waals surface area contributed by atoms with Gasteiger partial charge in [-0.2, -0.15) is 0 Å². The highest BCUT2D eigenvalue weighted by molar-refractivity contribution is 4.68. The van der Waals surface area contributed by atoms with Crippen LogP contribution in [-0.2, 0) is 5.11 Å². The Hall–Kier alpha value is -0.0800. The number of aliphatic hydroxyl groups is 1. The van der Waals surface area contributed by atoms with E-state index < -0.39 is 5.60 Å². The van der Waals surface area contributed by atoms with Crippen LogP contribution in [0.5, 0.6) is 0 Å². The lowest BCUT2D eigenvalue weighted by Gasteiger charge is -2.18. The molecule has 0 aromatic rings. The molecule has 0 aromatic heterocycles. The van der Waals surface area contributed by atoms with Gasteiger partial charge in [0.1, 0.15) is 0 Å². The first kappa shape index (κ1) is 7.92. The Morgan fingerprint density at radius 1 is 1.62 bits per heavy atom. The van der Waals surface area contributed by atoms with Gasteiger partial charge in [-0.25, -0.2) is 5.11 Å². The van der Waals surface area contributed by atoms with Crippen molar-refractivity contribution in [1.82, 2.24) is 0 Å². The van der Waals surface area contributed by atoms with E-state index in [9.17, 15) is 5.11 Å². The maximum absolute atomic E-state index is 9.94. The smallest absolute Gasteiger partial charge is 0.0849 e. The molecule has 2 nitrogen and oxygen atoms in total. The molecule has 0 amide bonds. The van der Waals surface area contributed by atoms with E-state index >= 15 is 0 Å². The second kappa shape index (κ2) is 3.05. The average Bonchev–Trinajstić information content (AvgIpc) is 1.67. The standard InChI is InChI=1S/C6H13O2/c1-3-6(2,8)4-5-7/h8H,3-5H2,1-2H3. The quantitative estimate of drug-likeness (QED) is 0.587. The SMILES string of the molecule is CCC(C)(O)CC[O]. The van der Waals surface area contributed by atoms with Crippen LogP contribution in [0, 0.1) is 0 Å². The van der Waals surface area contributed by atoms with Crippen molar-refractivity contribution in [2.75, 3.05) is 6.61 Å². The summed E-state index contributed by atoms with van der Waals surface area (Å²) in [4.78, 5) is 0. The summed E-state index contributed by atoms with van der Waals surface area (Å²) >= 11 is 0. The van der Waals surface area contributed by atoms with Crippen LogP contribution >= 0.6 is 0 Å². The molecule has 1 unspecified atom stereocenters. The van der Waals surface area contributed by atoms with E-state index in [2.05, 4.69) is 0 Å². The molecule has 0 heterocycles. The Morgan fingerprint density at radius 2 is 2.12 bits per heavy atom. The maximum Gasteiger partial charge on any atom is 0.0849 e. The Bertz CT molecular complexity index is 59.5. The monoisotopic (exact) mass is 117 g/mol. The van der Waals surface area contributed by atoms with E-state index in [-0.39, 0.29) is 6.61 Å². The van der Waals surface area contributed by atoms with Gasteiger partial charge < -0.3 is 5.11 Å². The van der Waals surface area contributed by atoms with Gasteiger partial charge in [-0.05, 0) is 13.3 Å². The molecule has 8 heavy (non-hydrogen) atoms. The molecular formula is C6H13O2. The molecule has 49 valence electrons. The van der Waals surface area contributed by atoms with Crippen molar-refractivity contribution >= 4 is 0 Å². The minimum absolute atomic E-state index is 0.180. The fraction of sp³-hybridized carbons (Fsp3) is 1.00. The second-order valence-corrected chi connectivity index (χ2v) is 2.30. The van der Waals surface area contributed by atoms with Crippen LogP contribution in [0.1, 0.15) is 26.7 Å². The summed E-state index contributed by atoms with van der Waals surface area (Å²) in [6, 6.07) is 0. The zero-order valence-corrected chi connectivity index (χ0v) is 5.48. The lowest BCUT2D eigenvalue weighted by atomic mass is 10.0. The summed E-state index contributed by atoms with van der Waals surface area (Å²) in [6.45, 7) is 3.38. The van der Waals surface area contributed by atoms with Crippen molar-refractivity contribution in [2.24, 2.45) is 0 Å². The van der Waals surface area contributed by atoms with E-state index in [0.29, 0.717) is 12.8 Å². The molecule has 2 heteroatoms. The van der Waals surface area contributed by atoms with Gasteiger partial charge in [-0.3, -0.25) is 0 Å². The molecule has 0 saturated heterocycles. The number of rotatable bonds is 3. The minimum atomic E-state index is -0.720. The van der Waals surface area contributed by atoms with Crippen LogP contribution in [0.2, 0.25) is 0 Å². The van der Waals surface area contributed by atoms with Gasteiger partial charge in [-0.15, -0.1) is 0 Å². The molecule has 0 aromatic carbocycles. The van der Waals surface area contributed by atoms with Gasteiger partial charge in [0, 0.05) is 6.42 Å². The van der Waals surface area contributed by atoms with Crippen LogP contribution < -0.4 is 0 Å². The van der Waals surface area contributed by atoms with Crippen molar-refractivity contribution in [2.45, 2.75) is 32.3 Å². The van der Waals surface area contributed by atoms with Crippen LogP contribution in [0.4, 0.5) is 0 Å². The number of hydrogen-bond acceptors (Lipinski definition) is 1. The summed E-state index contributed by atoms with van der Waals surface area (Å²) in [5.74, 6) is 0. The van der Waals surface area contributed by atoms with Crippen molar-refractivity contribution in [3.05, 3.63) is 0 Å². The predicted molar refractivity (Wildman–Crippen MR) is 31.1 cm³/mol. The van der Waals surface area contributed by atoms with Crippen LogP contribution in [0.3, 0.4) is 0 Å². The highest BCUT2D eigenvalue weighted by Crippen LogP contribution is 2.11. The topological polar surface area (TPSA) is 40.1 Å². The summed E-state index contributed by atoms with van der Waals surface area (Å²) in [5, 5.41) is 19.1. The third-order valence-corrected chi connectivity index (χ3v) is 1.40. The zero-order chi connectivity index (χ0) is 6.62. The Balaban J connectivity index is 3.37. The third-order valence-electron chi connectivity index (χ3n) is 1.40. The first-order chi connectivity index (χ1) is 3.62. The van der Waals surface area contributed by atoms with Gasteiger partial charge in [-0.1, -0.05) is 6.92 Å². The molecule has 0 aliphatic rings. The van der Waals surface area contributed by atoms with Crippen LogP contribution in [-0.4, -0.2) is 17.3 Å². The molecule has 0 aliphatic carbocycles. The highest BCUT2D eigenvalue weighted by Gasteiger charge is 2.15. The molecule has 1 radical (unpaired) electrons. The summed E-state index contributed by atoms with van der Waals surface area (Å²) in [5.41, 5.74) is -0.720. The molecule has 0 rings (SSSR count). The first-order valence-corrected chi connectivity index (χ1v) is 2.93. The van der Waals surface area contributed by atoms with E-state index in [1.165, 1.54) is 0 Å². The van der Waals surface area contributed by atoms with Gasteiger partial charge in [0.2, 0.25) is 0 Å². The van der Waals surface area contributed by atoms with Crippen LogP contribution in [0.25, 0.3) is 0 Å². The largest absolute Gasteiger partial charge is 0.390 e. The molecule has 1 N–H and O–H groups in total. The second-order valence-electron chi connectivity index (χ2n) is 2.30. The molecule has 0 fully saturated rings. The van der Waals surface area contributed by atoms with Crippen molar-refractivity contribution in [3.63, 3.8) is 0 Å². The molecule has 0 aliphatic heterocycles. The van der Waals surface area contributed by atoms with Crippen molar-refractivity contribution in [1.29, 1.82) is 0 Å². The average molecular weight is 117 g/mol. The molecule has 1 atom stereocenters. The lowest BCUT2D eigenvalue weighted by molar-refractivity contribution is 0.0178. The Kier molecular flexibility index (Phi) is 3.02. The lowest BCUT2D eigenvalue weighted by Crippen LogP contribution is -2.23.